The van der Waals surface area contributed by atoms with Crippen molar-refractivity contribution >= 4 is 23.2 Å². The predicted molar refractivity (Wildman–Crippen MR) is 90.5 cm³/mol. The van der Waals surface area contributed by atoms with Crippen LogP contribution in [0.4, 0.5) is 11.4 Å². The van der Waals surface area contributed by atoms with Crippen LogP contribution in [0.3, 0.4) is 0 Å². The standard InChI is InChI=1S/C18H18N2O4/c1-11-4-3-5-14(8-11)24-12(2)18(22)19-13-6-7-16-15(9-13)20-17(21)10-23-16/h3-9,12H,10H2,1-2H3,(H,19,22)(H,20,21). The van der Waals surface area contributed by atoms with Crippen molar-refractivity contribution in [1.82, 2.24) is 0 Å². The molecule has 1 unspecified atom stereocenters. The van der Waals surface area contributed by atoms with Crippen molar-refractivity contribution in [3.8, 4) is 11.5 Å². The average molecular weight is 326 g/mol. The molecular weight excluding hydrogens is 308 g/mol. The molecule has 2 aromatic rings. The number of ether oxygens (including phenoxy) is 2. The normalized spacial score (nSPS) is 14.0. The molecule has 1 aliphatic heterocycles. The van der Waals surface area contributed by atoms with E-state index in [0.717, 1.165) is 5.56 Å². The first-order valence-electron chi connectivity index (χ1n) is 7.62. The first-order valence-corrected chi connectivity index (χ1v) is 7.62. The Morgan fingerprint density at radius 3 is 2.92 bits per heavy atom. The Kier molecular flexibility index (Phi) is 4.37. The number of fused-ring (bicyclic) bond motifs is 1. The van der Waals surface area contributed by atoms with E-state index in [1.165, 1.54) is 0 Å². The predicted octanol–water partition coefficient (Wildman–Crippen LogP) is 2.73. The van der Waals surface area contributed by atoms with Gasteiger partial charge in [-0.2, -0.15) is 0 Å². The SMILES string of the molecule is Cc1cccc(OC(C)C(=O)Nc2ccc3c(c2)NC(=O)CO3)c1. The highest BCUT2D eigenvalue weighted by molar-refractivity contribution is 5.98. The number of anilines is 2. The highest BCUT2D eigenvalue weighted by atomic mass is 16.5. The lowest BCUT2D eigenvalue weighted by molar-refractivity contribution is -0.122. The maximum Gasteiger partial charge on any atom is 0.265 e. The zero-order valence-electron chi connectivity index (χ0n) is 13.5. The fraction of sp³-hybridized carbons (Fsp3) is 0.222. The summed E-state index contributed by atoms with van der Waals surface area (Å²) in [6, 6.07) is 12.6. The van der Waals surface area contributed by atoms with Gasteiger partial charge in [-0.25, -0.2) is 0 Å². The van der Waals surface area contributed by atoms with E-state index < -0.39 is 6.10 Å². The fourth-order valence-corrected chi connectivity index (χ4v) is 2.35. The minimum atomic E-state index is -0.659. The third-order valence-corrected chi connectivity index (χ3v) is 3.55. The molecule has 2 amide bonds. The van der Waals surface area contributed by atoms with Gasteiger partial charge in [-0.1, -0.05) is 12.1 Å². The van der Waals surface area contributed by atoms with Gasteiger partial charge in [-0.15, -0.1) is 0 Å². The highest BCUT2D eigenvalue weighted by Crippen LogP contribution is 2.30. The van der Waals surface area contributed by atoms with E-state index in [1.54, 1.807) is 25.1 Å². The van der Waals surface area contributed by atoms with Crippen LogP contribution in [0.1, 0.15) is 12.5 Å². The van der Waals surface area contributed by atoms with Crippen molar-refractivity contribution in [3.05, 3.63) is 48.0 Å². The van der Waals surface area contributed by atoms with Gasteiger partial charge in [0.1, 0.15) is 11.5 Å². The summed E-state index contributed by atoms with van der Waals surface area (Å²) in [5.41, 5.74) is 2.16. The summed E-state index contributed by atoms with van der Waals surface area (Å²) >= 11 is 0. The largest absolute Gasteiger partial charge is 0.482 e. The molecule has 2 N–H and O–H groups in total. The third kappa shape index (κ3) is 3.65. The number of carbonyl (C=O) groups excluding carboxylic acids is 2. The smallest absolute Gasteiger partial charge is 0.265 e. The second-order valence-electron chi connectivity index (χ2n) is 5.61. The summed E-state index contributed by atoms with van der Waals surface area (Å²) in [5.74, 6) is 0.724. The van der Waals surface area contributed by atoms with Gasteiger partial charge >= 0.3 is 0 Å². The molecular formula is C18H18N2O4. The number of rotatable bonds is 4. The van der Waals surface area contributed by atoms with Crippen LogP contribution in [0.5, 0.6) is 11.5 Å². The molecule has 0 aromatic heterocycles. The fourth-order valence-electron chi connectivity index (χ4n) is 2.35. The zero-order chi connectivity index (χ0) is 17.1. The molecule has 0 fully saturated rings. The Labute approximate surface area is 139 Å². The molecule has 124 valence electrons. The van der Waals surface area contributed by atoms with Crippen LogP contribution in [0.2, 0.25) is 0 Å². The molecule has 2 aromatic carbocycles. The van der Waals surface area contributed by atoms with Crippen molar-refractivity contribution < 1.29 is 19.1 Å². The molecule has 1 atom stereocenters. The Morgan fingerprint density at radius 1 is 1.29 bits per heavy atom. The van der Waals surface area contributed by atoms with Crippen molar-refractivity contribution in [3.63, 3.8) is 0 Å². The van der Waals surface area contributed by atoms with E-state index in [-0.39, 0.29) is 18.4 Å². The van der Waals surface area contributed by atoms with E-state index in [0.29, 0.717) is 22.9 Å². The van der Waals surface area contributed by atoms with Crippen LogP contribution >= 0.6 is 0 Å². The maximum atomic E-state index is 12.3. The van der Waals surface area contributed by atoms with Gasteiger partial charge in [-0.05, 0) is 49.7 Å². The van der Waals surface area contributed by atoms with Crippen LogP contribution in [0.15, 0.2) is 42.5 Å². The molecule has 3 rings (SSSR count). The van der Waals surface area contributed by atoms with Crippen LogP contribution < -0.4 is 20.1 Å². The molecule has 6 heteroatoms. The third-order valence-electron chi connectivity index (χ3n) is 3.55. The zero-order valence-corrected chi connectivity index (χ0v) is 13.5. The van der Waals surface area contributed by atoms with Crippen LogP contribution in [0, 0.1) is 6.92 Å². The minimum absolute atomic E-state index is 0.0000717. The van der Waals surface area contributed by atoms with E-state index in [1.807, 2.05) is 31.2 Å². The Hall–Kier alpha value is -3.02. The van der Waals surface area contributed by atoms with E-state index in [9.17, 15) is 9.59 Å². The van der Waals surface area contributed by atoms with Gasteiger partial charge in [0.2, 0.25) is 0 Å². The number of carbonyl (C=O) groups is 2. The molecule has 0 aliphatic carbocycles. The number of amides is 2. The van der Waals surface area contributed by atoms with E-state index in [4.69, 9.17) is 9.47 Å². The highest BCUT2D eigenvalue weighted by Gasteiger charge is 2.18. The molecule has 0 saturated heterocycles. The first kappa shape index (κ1) is 15.9. The first-order chi connectivity index (χ1) is 11.5. The minimum Gasteiger partial charge on any atom is -0.482 e. The lowest BCUT2D eigenvalue weighted by Crippen LogP contribution is -2.30. The van der Waals surface area contributed by atoms with Crippen molar-refractivity contribution in [2.45, 2.75) is 20.0 Å². The molecule has 0 radical (unpaired) electrons. The van der Waals surface area contributed by atoms with Crippen molar-refractivity contribution in [2.75, 3.05) is 17.2 Å². The molecule has 1 heterocycles. The van der Waals surface area contributed by atoms with Gasteiger partial charge in [0, 0.05) is 5.69 Å². The van der Waals surface area contributed by atoms with Gasteiger partial charge in [0.25, 0.3) is 11.8 Å². The average Bonchev–Trinajstić information content (AvgIpc) is 2.54. The van der Waals surface area contributed by atoms with E-state index in [2.05, 4.69) is 10.6 Å². The molecule has 1 aliphatic rings. The van der Waals surface area contributed by atoms with Gasteiger partial charge < -0.3 is 20.1 Å². The van der Waals surface area contributed by atoms with Gasteiger partial charge in [-0.3, -0.25) is 9.59 Å². The Balaban J connectivity index is 1.66. The quantitative estimate of drug-likeness (QED) is 0.906. The van der Waals surface area contributed by atoms with Crippen molar-refractivity contribution in [1.29, 1.82) is 0 Å². The number of nitrogens with one attached hydrogen (secondary N) is 2. The summed E-state index contributed by atoms with van der Waals surface area (Å²) in [4.78, 5) is 23.6. The second-order valence-corrected chi connectivity index (χ2v) is 5.61. The lowest BCUT2D eigenvalue weighted by atomic mass is 10.2. The van der Waals surface area contributed by atoms with Crippen molar-refractivity contribution in [2.24, 2.45) is 0 Å². The summed E-state index contributed by atoms with van der Waals surface area (Å²) in [5, 5.41) is 5.47. The monoisotopic (exact) mass is 326 g/mol. The lowest BCUT2D eigenvalue weighted by Gasteiger charge is -2.19. The Bertz CT molecular complexity index is 788. The molecule has 24 heavy (non-hydrogen) atoms. The second kappa shape index (κ2) is 6.62. The van der Waals surface area contributed by atoms with E-state index >= 15 is 0 Å². The van der Waals surface area contributed by atoms with Gasteiger partial charge in [0.15, 0.2) is 12.7 Å². The molecule has 6 nitrogen and oxygen atoms in total. The number of hydrogen-bond donors (Lipinski definition) is 2. The topological polar surface area (TPSA) is 76.7 Å². The van der Waals surface area contributed by atoms with Crippen LogP contribution in [-0.4, -0.2) is 24.5 Å². The number of hydrogen-bond acceptors (Lipinski definition) is 4. The van der Waals surface area contributed by atoms with Crippen LogP contribution in [0.25, 0.3) is 0 Å². The Morgan fingerprint density at radius 2 is 2.12 bits per heavy atom. The summed E-state index contributed by atoms with van der Waals surface area (Å²) in [6.07, 6.45) is -0.659. The summed E-state index contributed by atoms with van der Waals surface area (Å²) in [7, 11) is 0. The maximum absolute atomic E-state index is 12.3. The molecule has 0 bridgehead atoms. The van der Waals surface area contributed by atoms with Crippen LogP contribution in [-0.2, 0) is 9.59 Å². The number of benzene rings is 2. The summed E-state index contributed by atoms with van der Waals surface area (Å²) < 4.78 is 10.9. The van der Waals surface area contributed by atoms with Gasteiger partial charge in [0.05, 0.1) is 5.69 Å². The molecule has 0 spiro atoms. The summed E-state index contributed by atoms with van der Waals surface area (Å²) in [6.45, 7) is 3.64. The molecule has 0 saturated carbocycles. The number of aryl methyl sites for hydroxylation is 1.